The van der Waals surface area contributed by atoms with Crippen LogP contribution in [0, 0.1) is 0 Å². The third-order valence-electron chi connectivity index (χ3n) is 5.01. The third-order valence-corrected chi connectivity index (χ3v) is 5.25. The molecule has 0 fully saturated rings. The highest BCUT2D eigenvalue weighted by molar-refractivity contribution is 6.30. The van der Waals surface area contributed by atoms with Crippen molar-refractivity contribution < 1.29 is 14.3 Å². The Balaban J connectivity index is 1.33. The Morgan fingerprint density at radius 2 is 1.74 bits per heavy atom. The first-order valence-electron chi connectivity index (χ1n) is 10.5. The summed E-state index contributed by atoms with van der Waals surface area (Å²) < 4.78 is 7.27. The molecule has 2 N–H and O–H groups in total. The van der Waals surface area contributed by atoms with Gasteiger partial charge in [-0.15, -0.1) is 0 Å². The normalized spacial score (nSPS) is 11.5. The number of nitrogens with zero attached hydrogens (tertiary/aromatic N) is 3. The fourth-order valence-electron chi connectivity index (χ4n) is 3.14. The molecule has 0 spiro atoms. The second kappa shape index (κ2) is 10.6. The van der Waals surface area contributed by atoms with Crippen molar-refractivity contribution in [3.8, 4) is 5.75 Å². The summed E-state index contributed by atoms with van der Waals surface area (Å²) in [6.45, 7) is 2.07. The van der Waals surface area contributed by atoms with Gasteiger partial charge in [-0.05, 0) is 67.1 Å². The van der Waals surface area contributed by atoms with Crippen LogP contribution in [0.1, 0.15) is 28.9 Å². The Kier molecular flexibility index (Phi) is 7.19. The number of amides is 2. The Labute approximate surface area is 201 Å². The van der Waals surface area contributed by atoms with E-state index in [9.17, 15) is 9.59 Å². The van der Waals surface area contributed by atoms with Crippen LogP contribution < -0.4 is 15.4 Å². The molecule has 0 aliphatic heterocycles. The summed E-state index contributed by atoms with van der Waals surface area (Å²) in [7, 11) is 0. The van der Waals surface area contributed by atoms with Crippen molar-refractivity contribution in [2.75, 3.05) is 10.6 Å². The largest absolute Gasteiger partial charge is 0.489 e. The van der Waals surface area contributed by atoms with Gasteiger partial charge in [-0.2, -0.15) is 5.10 Å². The highest BCUT2D eigenvalue weighted by Crippen LogP contribution is 2.19. The van der Waals surface area contributed by atoms with Crippen LogP contribution in [0.2, 0.25) is 5.02 Å². The van der Waals surface area contributed by atoms with Crippen molar-refractivity contribution in [2.24, 2.45) is 0 Å². The first-order valence-corrected chi connectivity index (χ1v) is 10.9. The van der Waals surface area contributed by atoms with Crippen molar-refractivity contribution in [3.63, 3.8) is 0 Å². The number of anilines is 2. The van der Waals surface area contributed by atoms with E-state index in [2.05, 4.69) is 20.7 Å². The molecule has 0 saturated heterocycles. The van der Waals surface area contributed by atoms with E-state index in [0.29, 0.717) is 34.3 Å². The summed E-state index contributed by atoms with van der Waals surface area (Å²) in [5, 5.41) is 10.3. The molecule has 0 saturated carbocycles. The van der Waals surface area contributed by atoms with Crippen LogP contribution in [0.25, 0.3) is 0 Å². The molecule has 0 aliphatic carbocycles. The second-order valence-corrected chi connectivity index (χ2v) is 7.96. The number of hydrogen-bond acceptors (Lipinski definition) is 5. The van der Waals surface area contributed by atoms with Crippen molar-refractivity contribution in [2.45, 2.75) is 19.6 Å². The van der Waals surface area contributed by atoms with Crippen LogP contribution in [0.4, 0.5) is 11.4 Å². The van der Waals surface area contributed by atoms with Crippen molar-refractivity contribution in [1.82, 2.24) is 14.8 Å². The Bertz CT molecular complexity index is 1280. The van der Waals surface area contributed by atoms with Crippen LogP contribution in [-0.4, -0.2) is 26.6 Å². The van der Waals surface area contributed by atoms with Gasteiger partial charge in [-0.25, -0.2) is 9.67 Å². The number of rotatable bonds is 8. The van der Waals surface area contributed by atoms with Crippen LogP contribution in [0.15, 0.2) is 85.5 Å². The average Bonchev–Trinajstić information content (AvgIpc) is 3.39. The lowest BCUT2D eigenvalue weighted by molar-refractivity contribution is -0.119. The second-order valence-electron chi connectivity index (χ2n) is 7.52. The molecule has 1 aromatic heterocycles. The number of halogens is 1. The average molecular weight is 476 g/mol. The summed E-state index contributed by atoms with van der Waals surface area (Å²) in [4.78, 5) is 28.9. The van der Waals surface area contributed by atoms with Gasteiger partial charge in [0.2, 0.25) is 5.91 Å². The number of carbonyl (C=O) groups excluding carboxylic acids is 2. The fourth-order valence-corrected chi connectivity index (χ4v) is 3.36. The molecule has 3 aromatic carbocycles. The molecule has 1 heterocycles. The van der Waals surface area contributed by atoms with Crippen molar-refractivity contribution in [3.05, 3.63) is 102 Å². The van der Waals surface area contributed by atoms with E-state index in [4.69, 9.17) is 16.3 Å². The highest BCUT2D eigenvalue weighted by atomic mass is 35.5. The minimum absolute atomic E-state index is 0.225. The molecule has 2 amide bonds. The molecule has 1 unspecified atom stereocenters. The van der Waals surface area contributed by atoms with Crippen LogP contribution in [0.5, 0.6) is 5.75 Å². The lowest BCUT2D eigenvalue weighted by Gasteiger charge is -2.13. The van der Waals surface area contributed by atoms with Gasteiger partial charge in [0.25, 0.3) is 5.91 Å². The summed E-state index contributed by atoms with van der Waals surface area (Å²) >= 11 is 6.00. The zero-order chi connectivity index (χ0) is 23.9. The molecule has 1 atom stereocenters. The number of hydrogen-bond donors (Lipinski definition) is 2. The molecule has 0 aliphatic rings. The van der Waals surface area contributed by atoms with Crippen LogP contribution in [0.3, 0.4) is 0 Å². The predicted molar refractivity (Wildman–Crippen MR) is 130 cm³/mol. The minimum Gasteiger partial charge on any atom is -0.489 e. The van der Waals surface area contributed by atoms with Crippen LogP contribution >= 0.6 is 11.6 Å². The van der Waals surface area contributed by atoms with Gasteiger partial charge in [-0.1, -0.05) is 29.8 Å². The Morgan fingerprint density at radius 3 is 2.44 bits per heavy atom. The molecule has 0 radical (unpaired) electrons. The van der Waals surface area contributed by atoms with Crippen molar-refractivity contribution in [1.29, 1.82) is 0 Å². The molecule has 4 aromatic rings. The SMILES string of the molecule is CC(C(=O)Nc1ccc(NC(=O)c2cccc(OCc3cccc(Cl)c3)c2)cc1)n1cncn1. The van der Waals surface area contributed by atoms with E-state index in [1.54, 1.807) is 61.5 Å². The fraction of sp³-hybridized carbons (Fsp3) is 0.120. The molecule has 172 valence electrons. The number of nitrogens with one attached hydrogen (secondary N) is 2. The topological polar surface area (TPSA) is 98.1 Å². The van der Waals surface area contributed by atoms with Gasteiger partial charge in [0.1, 0.15) is 31.1 Å². The highest BCUT2D eigenvalue weighted by Gasteiger charge is 2.15. The summed E-state index contributed by atoms with van der Waals surface area (Å²) in [5.41, 5.74) is 2.59. The smallest absolute Gasteiger partial charge is 0.255 e. The molecule has 9 heteroatoms. The number of carbonyl (C=O) groups is 2. The van der Waals surface area contributed by atoms with Gasteiger partial charge in [0.05, 0.1) is 0 Å². The van der Waals surface area contributed by atoms with E-state index in [1.165, 1.54) is 17.3 Å². The lowest BCUT2D eigenvalue weighted by Crippen LogP contribution is -2.24. The van der Waals surface area contributed by atoms with Gasteiger partial charge in [-0.3, -0.25) is 9.59 Å². The number of aromatic nitrogens is 3. The maximum atomic E-state index is 12.7. The molecule has 0 bridgehead atoms. The van der Waals surface area contributed by atoms with E-state index < -0.39 is 6.04 Å². The summed E-state index contributed by atoms with van der Waals surface area (Å²) in [6.07, 6.45) is 2.86. The van der Waals surface area contributed by atoms with Gasteiger partial charge in [0, 0.05) is 22.0 Å². The molecular weight excluding hydrogens is 454 g/mol. The van der Waals surface area contributed by atoms with E-state index >= 15 is 0 Å². The monoisotopic (exact) mass is 475 g/mol. The Hall–Kier alpha value is -4.17. The van der Waals surface area contributed by atoms with Gasteiger partial charge >= 0.3 is 0 Å². The minimum atomic E-state index is -0.504. The van der Waals surface area contributed by atoms with E-state index in [-0.39, 0.29) is 11.8 Å². The molecule has 4 rings (SSSR count). The molecule has 8 nitrogen and oxygen atoms in total. The van der Waals surface area contributed by atoms with Gasteiger partial charge in [0.15, 0.2) is 0 Å². The zero-order valence-electron chi connectivity index (χ0n) is 18.3. The maximum Gasteiger partial charge on any atom is 0.255 e. The lowest BCUT2D eigenvalue weighted by atomic mass is 10.2. The molecular formula is C25H22ClN5O3. The van der Waals surface area contributed by atoms with E-state index in [0.717, 1.165) is 5.56 Å². The number of benzene rings is 3. The first-order chi connectivity index (χ1) is 16.5. The van der Waals surface area contributed by atoms with Crippen LogP contribution in [-0.2, 0) is 11.4 Å². The van der Waals surface area contributed by atoms with E-state index in [1.807, 2.05) is 18.2 Å². The summed E-state index contributed by atoms with van der Waals surface area (Å²) in [6, 6.07) is 20.7. The maximum absolute atomic E-state index is 12.7. The molecule has 34 heavy (non-hydrogen) atoms. The van der Waals surface area contributed by atoms with Gasteiger partial charge < -0.3 is 15.4 Å². The standard InChI is InChI=1S/C25H22ClN5O3/c1-17(31-16-27-15-28-31)24(32)29-21-8-10-22(11-9-21)30-25(33)19-5-3-7-23(13-19)34-14-18-4-2-6-20(26)12-18/h2-13,15-17H,14H2,1H3,(H,29,32)(H,30,33). The zero-order valence-corrected chi connectivity index (χ0v) is 19.1. The Morgan fingerprint density at radius 1 is 1.00 bits per heavy atom. The predicted octanol–water partition coefficient (Wildman–Crippen LogP) is 4.96. The summed E-state index contributed by atoms with van der Waals surface area (Å²) in [5.74, 6) is 0.0776. The quantitative estimate of drug-likeness (QED) is 0.375. The number of ether oxygens (including phenoxy) is 1. The first kappa shape index (κ1) is 23.0. The third kappa shape index (κ3) is 5.99. The van der Waals surface area contributed by atoms with Crippen molar-refractivity contribution >= 4 is 34.8 Å².